The highest BCUT2D eigenvalue weighted by Crippen LogP contribution is 2.29. The molecule has 0 spiro atoms. The van der Waals surface area contributed by atoms with Crippen molar-refractivity contribution >= 4 is 21.6 Å². The fourth-order valence-electron chi connectivity index (χ4n) is 1.92. The van der Waals surface area contributed by atoms with E-state index in [1.807, 2.05) is 18.2 Å². The van der Waals surface area contributed by atoms with Crippen LogP contribution in [0.15, 0.2) is 22.7 Å². The van der Waals surface area contributed by atoms with Gasteiger partial charge in [-0.25, -0.2) is 0 Å². The van der Waals surface area contributed by atoms with Gasteiger partial charge in [-0.15, -0.1) is 0 Å². The molecule has 2 rings (SSSR count). The molecule has 0 bridgehead atoms. The van der Waals surface area contributed by atoms with Crippen molar-refractivity contribution in [1.82, 2.24) is 0 Å². The van der Waals surface area contributed by atoms with Crippen molar-refractivity contribution in [3.8, 4) is 0 Å². The average Bonchev–Trinajstić information content (AvgIpc) is 2.38. The number of hydrogen-bond donors (Lipinski definition) is 2. The topological polar surface area (TPSA) is 58.7 Å². The molecule has 1 heterocycles. The van der Waals surface area contributed by atoms with Crippen LogP contribution in [0.2, 0.25) is 0 Å². The summed E-state index contributed by atoms with van der Waals surface area (Å²) in [5.41, 5.74) is 7.88. The van der Waals surface area contributed by atoms with Crippen molar-refractivity contribution in [1.29, 1.82) is 0 Å². The standard InChI is InChI=1S/C12H17BrN2O2/c13-10-7-9(11(14)8-16)1-2-12(10)15-3-5-17-6-4-15/h1-2,7,11,16H,3-6,8,14H2. The molecule has 1 unspecified atom stereocenters. The number of morpholine rings is 1. The van der Waals surface area contributed by atoms with Crippen molar-refractivity contribution in [2.24, 2.45) is 5.73 Å². The molecule has 17 heavy (non-hydrogen) atoms. The first-order chi connectivity index (χ1) is 8.22. The van der Waals surface area contributed by atoms with Crippen LogP contribution in [0.1, 0.15) is 11.6 Å². The summed E-state index contributed by atoms with van der Waals surface area (Å²) in [5.74, 6) is 0. The summed E-state index contributed by atoms with van der Waals surface area (Å²) in [6.07, 6.45) is 0. The number of rotatable bonds is 3. The number of hydrogen-bond acceptors (Lipinski definition) is 4. The Morgan fingerprint density at radius 2 is 2.12 bits per heavy atom. The first-order valence-electron chi connectivity index (χ1n) is 5.71. The Morgan fingerprint density at radius 3 is 2.71 bits per heavy atom. The third-order valence-corrected chi connectivity index (χ3v) is 3.58. The first kappa shape index (κ1) is 12.8. The SMILES string of the molecule is NC(CO)c1ccc(N2CCOCC2)c(Br)c1. The van der Waals surface area contributed by atoms with E-state index in [9.17, 15) is 0 Å². The number of ether oxygens (including phenoxy) is 1. The van der Waals surface area contributed by atoms with Crippen LogP contribution >= 0.6 is 15.9 Å². The average molecular weight is 301 g/mol. The van der Waals surface area contributed by atoms with Crippen molar-refractivity contribution in [2.45, 2.75) is 6.04 Å². The van der Waals surface area contributed by atoms with E-state index in [4.69, 9.17) is 15.6 Å². The molecule has 4 nitrogen and oxygen atoms in total. The van der Waals surface area contributed by atoms with Crippen molar-refractivity contribution in [3.05, 3.63) is 28.2 Å². The zero-order chi connectivity index (χ0) is 12.3. The van der Waals surface area contributed by atoms with Gasteiger partial charge in [0, 0.05) is 17.6 Å². The summed E-state index contributed by atoms with van der Waals surface area (Å²) in [4.78, 5) is 2.28. The van der Waals surface area contributed by atoms with Gasteiger partial charge < -0.3 is 20.5 Å². The Bertz CT molecular complexity index is 381. The summed E-state index contributed by atoms with van der Waals surface area (Å²) in [5, 5.41) is 9.03. The summed E-state index contributed by atoms with van der Waals surface area (Å²) in [6, 6.07) is 5.67. The third kappa shape index (κ3) is 2.98. The maximum atomic E-state index is 9.03. The van der Waals surface area contributed by atoms with E-state index in [0.717, 1.165) is 42.0 Å². The second-order valence-electron chi connectivity index (χ2n) is 4.10. The number of nitrogens with zero attached hydrogens (tertiary/aromatic N) is 1. The van der Waals surface area contributed by atoms with Crippen LogP contribution in [0.3, 0.4) is 0 Å². The fraction of sp³-hybridized carbons (Fsp3) is 0.500. The highest BCUT2D eigenvalue weighted by molar-refractivity contribution is 9.10. The van der Waals surface area contributed by atoms with Gasteiger partial charge >= 0.3 is 0 Å². The molecule has 1 aliphatic rings. The maximum Gasteiger partial charge on any atom is 0.0642 e. The molecule has 0 amide bonds. The van der Waals surface area contributed by atoms with Crippen LogP contribution in [-0.2, 0) is 4.74 Å². The highest BCUT2D eigenvalue weighted by atomic mass is 79.9. The van der Waals surface area contributed by atoms with Crippen LogP contribution in [0.5, 0.6) is 0 Å². The Kier molecular flexibility index (Phi) is 4.39. The summed E-state index contributed by atoms with van der Waals surface area (Å²) < 4.78 is 6.35. The van der Waals surface area contributed by atoms with Crippen molar-refractivity contribution in [2.75, 3.05) is 37.8 Å². The van der Waals surface area contributed by atoms with Crippen molar-refractivity contribution in [3.63, 3.8) is 0 Å². The highest BCUT2D eigenvalue weighted by Gasteiger charge is 2.15. The number of aliphatic hydroxyl groups excluding tert-OH is 1. The van der Waals surface area contributed by atoms with Crippen LogP contribution in [0.25, 0.3) is 0 Å². The molecule has 5 heteroatoms. The van der Waals surface area contributed by atoms with E-state index in [2.05, 4.69) is 20.8 Å². The second-order valence-corrected chi connectivity index (χ2v) is 4.95. The second kappa shape index (κ2) is 5.82. The molecule has 1 aromatic carbocycles. The summed E-state index contributed by atoms with van der Waals surface area (Å²) >= 11 is 3.56. The molecular formula is C12H17BrN2O2. The molecule has 3 N–H and O–H groups in total. The molecular weight excluding hydrogens is 284 g/mol. The molecule has 0 aliphatic carbocycles. The minimum Gasteiger partial charge on any atom is -0.394 e. The number of anilines is 1. The normalized spacial score (nSPS) is 18.2. The van der Waals surface area contributed by atoms with Gasteiger partial charge in [-0.1, -0.05) is 6.07 Å². The van der Waals surface area contributed by atoms with E-state index < -0.39 is 0 Å². The summed E-state index contributed by atoms with van der Waals surface area (Å²) in [7, 11) is 0. The third-order valence-electron chi connectivity index (χ3n) is 2.95. The molecule has 1 aromatic rings. The molecule has 1 fully saturated rings. The molecule has 1 atom stereocenters. The van der Waals surface area contributed by atoms with E-state index in [1.54, 1.807) is 0 Å². The van der Waals surface area contributed by atoms with Gasteiger partial charge in [-0.3, -0.25) is 0 Å². The number of halogens is 1. The lowest BCUT2D eigenvalue weighted by atomic mass is 10.1. The Balaban J connectivity index is 2.18. The van der Waals surface area contributed by atoms with E-state index in [0.29, 0.717) is 0 Å². The van der Waals surface area contributed by atoms with Crippen LogP contribution < -0.4 is 10.6 Å². The molecule has 1 saturated heterocycles. The lowest BCUT2D eigenvalue weighted by Crippen LogP contribution is -2.36. The van der Waals surface area contributed by atoms with Gasteiger partial charge in [0.15, 0.2) is 0 Å². The largest absolute Gasteiger partial charge is 0.394 e. The van der Waals surface area contributed by atoms with E-state index in [-0.39, 0.29) is 12.6 Å². The van der Waals surface area contributed by atoms with Crippen molar-refractivity contribution < 1.29 is 9.84 Å². The predicted octanol–water partition coefficient (Wildman–Crippen LogP) is 1.28. The Hall–Kier alpha value is -0.620. The number of benzene rings is 1. The first-order valence-corrected chi connectivity index (χ1v) is 6.50. The number of nitrogens with two attached hydrogens (primary N) is 1. The minimum absolute atomic E-state index is 0.0384. The monoisotopic (exact) mass is 300 g/mol. The molecule has 0 radical (unpaired) electrons. The Morgan fingerprint density at radius 1 is 1.41 bits per heavy atom. The van der Waals surface area contributed by atoms with E-state index in [1.165, 1.54) is 0 Å². The zero-order valence-corrected chi connectivity index (χ0v) is 11.2. The molecule has 0 saturated carbocycles. The lowest BCUT2D eigenvalue weighted by Gasteiger charge is -2.30. The van der Waals surface area contributed by atoms with Gasteiger partial charge in [0.2, 0.25) is 0 Å². The fourth-order valence-corrected chi connectivity index (χ4v) is 2.57. The van der Waals surface area contributed by atoms with Crippen LogP contribution in [0.4, 0.5) is 5.69 Å². The van der Waals surface area contributed by atoms with Gasteiger partial charge in [-0.05, 0) is 33.6 Å². The maximum absolute atomic E-state index is 9.03. The number of aliphatic hydroxyl groups is 1. The molecule has 94 valence electrons. The predicted molar refractivity (Wildman–Crippen MR) is 71.2 cm³/mol. The smallest absolute Gasteiger partial charge is 0.0642 e. The molecule has 0 aromatic heterocycles. The Labute approximate surface area is 109 Å². The van der Waals surface area contributed by atoms with Gasteiger partial charge in [0.1, 0.15) is 0 Å². The minimum atomic E-state index is -0.315. The van der Waals surface area contributed by atoms with Crippen LogP contribution in [-0.4, -0.2) is 38.0 Å². The van der Waals surface area contributed by atoms with Gasteiger partial charge in [0.25, 0.3) is 0 Å². The van der Waals surface area contributed by atoms with Crippen LogP contribution in [0, 0.1) is 0 Å². The molecule has 1 aliphatic heterocycles. The van der Waals surface area contributed by atoms with Gasteiger partial charge in [0.05, 0.1) is 31.5 Å². The quantitative estimate of drug-likeness (QED) is 0.883. The van der Waals surface area contributed by atoms with E-state index >= 15 is 0 Å². The van der Waals surface area contributed by atoms with Gasteiger partial charge in [-0.2, -0.15) is 0 Å². The zero-order valence-electron chi connectivity index (χ0n) is 9.60. The lowest BCUT2D eigenvalue weighted by molar-refractivity contribution is 0.122. The summed E-state index contributed by atoms with van der Waals surface area (Å²) in [6.45, 7) is 3.31.